The quantitative estimate of drug-likeness (QED) is 0.818. The van der Waals surface area contributed by atoms with Gasteiger partial charge in [0.05, 0.1) is 6.61 Å². The Kier molecular flexibility index (Phi) is 4.00. The largest absolute Gasteiger partial charge is 0.493 e. The highest BCUT2D eigenvalue weighted by Gasteiger charge is 1.95. The third-order valence-electron chi connectivity index (χ3n) is 2.32. The lowest BCUT2D eigenvalue weighted by molar-refractivity contribution is 0.322. The Morgan fingerprint density at radius 1 is 0.875 bits per heavy atom. The molecule has 0 aromatic heterocycles. The first-order valence-corrected chi connectivity index (χ1v) is 6.06. The lowest BCUT2D eigenvalue weighted by Gasteiger charge is -2.06. The molecule has 0 spiro atoms. The SMILES string of the molecule is Brc1ccc(OCCc2ccccc2)cc1. The van der Waals surface area contributed by atoms with Crippen LogP contribution >= 0.6 is 15.9 Å². The van der Waals surface area contributed by atoms with E-state index in [-0.39, 0.29) is 0 Å². The fourth-order valence-electron chi connectivity index (χ4n) is 1.46. The third kappa shape index (κ3) is 3.38. The first kappa shape index (κ1) is 11.2. The number of ether oxygens (including phenoxy) is 1. The molecule has 1 nitrogen and oxygen atoms in total. The summed E-state index contributed by atoms with van der Waals surface area (Å²) in [7, 11) is 0. The molecule has 2 rings (SSSR count). The van der Waals surface area contributed by atoms with Gasteiger partial charge in [0, 0.05) is 10.9 Å². The zero-order valence-electron chi connectivity index (χ0n) is 8.90. The summed E-state index contributed by atoms with van der Waals surface area (Å²) in [6.45, 7) is 0.714. The third-order valence-corrected chi connectivity index (χ3v) is 2.84. The van der Waals surface area contributed by atoms with Gasteiger partial charge in [0.2, 0.25) is 0 Å². The van der Waals surface area contributed by atoms with Crippen molar-refractivity contribution in [2.24, 2.45) is 0 Å². The van der Waals surface area contributed by atoms with Crippen LogP contribution in [-0.2, 0) is 6.42 Å². The molecule has 0 radical (unpaired) electrons. The standard InChI is InChI=1S/C14H13BrO/c15-13-6-8-14(9-7-13)16-11-10-12-4-2-1-3-5-12/h1-9H,10-11H2. The van der Waals surface area contributed by atoms with Crippen molar-refractivity contribution < 1.29 is 4.74 Å². The van der Waals surface area contributed by atoms with Gasteiger partial charge >= 0.3 is 0 Å². The lowest BCUT2D eigenvalue weighted by atomic mass is 10.2. The minimum Gasteiger partial charge on any atom is -0.493 e. The molecular weight excluding hydrogens is 264 g/mol. The monoisotopic (exact) mass is 276 g/mol. The fourth-order valence-corrected chi connectivity index (χ4v) is 1.73. The van der Waals surface area contributed by atoms with Crippen LogP contribution in [0.3, 0.4) is 0 Å². The molecule has 82 valence electrons. The maximum atomic E-state index is 5.64. The van der Waals surface area contributed by atoms with E-state index in [2.05, 4.69) is 40.2 Å². The molecule has 16 heavy (non-hydrogen) atoms. The molecule has 0 aliphatic heterocycles. The average Bonchev–Trinajstić information content (AvgIpc) is 2.33. The van der Waals surface area contributed by atoms with Crippen molar-refractivity contribution in [3.8, 4) is 5.75 Å². The van der Waals surface area contributed by atoms with Gasteiger partial charge in [-0.15, -0.1) is 0 Å². The highest BCUT2D eigenvalue weighted by atomic mass is 79.9. The number of benzene rings is 2. The van der Waals surface area contributed by atoms with Crippen molar-refractivity contribution in [3.05, 3.63) is 64.6 Å². The first-order chi connectivity index (χ1) is 7.84. The van der Waals surface area contributed by atoms with E-state index in [0.717, 1.165) is 16.6 Å². The highest BCUT2D eigenvalue weighted by Crippen LogP contribution is 2.16. The van der Waals surface area contributed by atoms with Crippen molar-refractivity contribution >= 4 is 15.9 Å². The van der Waals surface area contributed by atoms with Crippen LogP contribution in [0.15, 0.2) is 59.1 Å². The molecular formula is C14H13BrO. The lowest BCUT2D eigenvalue weighted by Crippen LogP contribution is -2.00. The molecule has 0 bridgehead atoms. The molecule has 0 aliphatic carbocycles. The van der Waals surface area contributed by atoms with Gasteiger partial charge in [0.25, 0.3) is 0 Å². The zero-order chi connectivity index (χ0) is 11.2. The molecule has 0 unspecified atom stereocenters. The van der Waals surface area contributed by atoms with E-state index in [1.54, 1.807) is 0 Å². The van der Waals surface area contributed by atoms with E-state index in [1.807, 2.05) is 30.3 Å². The van der Waals surface area contributed by atoms with Gasteiger partial charge in [-0.05, 0) is 29.8 Å². The van der Waals surface area contributed by atoms with Crippen molar-refractivity contribution in [2.75, 3.05) is 6.61 Å². The summed E-state index contributed by atoms with van der Waals surface area (Å²) in [5.74, 6) is 0.916. The number of hydrogen-bond acceptors (Lipinski definition) is 1. The zero-order valence-corrected chi connectivity index (χ0v) is 10.5. The predicted octanol–water partition coefficient (Wildman–Crippen LogP) is 4.07. The van der Waals surface area contributed by atoms with Gasteiger partial charge in [-0.1, -0.05) is 46.3 Å². The maximum absolute atomic E-state index is 5.64. The van der Waals surface area contributed by atoms with Gasteiger partial charge in [-0.3, -0.25) is 0 Å². The molecule has 0 heterocycles. The minimum absolute atomic E-state index is 0.714. The number of halogens is 1. The van der Waals surface area contributed by atoms with Gasteiger partial charge in [0.1, 0.15) is 5.75 Å². The molecule has 0 aliphatic rings. The Bertz CT molecular complexity index is 422. The molecule has 2 aromatic carbocycles. The summed E-state index contributed by atoms with van der Waals surface area (Å²) in [5, 5.41) is 0. The summed E-state index contributed by atoms with van der Waals surface area (Å²) in [4.78, 5) is 0. The topological polar surface area (TPSA) is 9.23 Å². The van der Waals surface area contributed by atoms with Crippen LogP contribution in [-0.4, -0.2) is 6.61 Å². The molecule has 0 N–H and O–H groups in total. The molecule has 0 amide bonds. The maximum Gasteiger partial charge on any atom is 0.119 e. The second-order valence-electron chi connectivity index (χ2n) is 3.54. The second kappa shape index (κ2) is 5.71. The summed E-state index contributed by atoms with van der Waals surface area (Å²) < 4.78 is 6.72. The van der Waals surface area contributed by atoms with Crippen molar-refractivity contribution in [2.45, 2.75) is 6.42 Å². The minimum atomic E-state index is 0.714. The van der Waals surface area contributed by atoms with E-state index in [0.29, 0.717) is 6.61 Å². The van der Waals surface area contributed by atoms with Crippen LogP contribution in [0.5, 0.6) is 5.75 Å². The van der Waals surface area contributed by atoms with Gasteiger partial charge < -0.3 is 4.74 Å². The number of rotatable bonds is 4. The Morgan fingerprint density at radius 2 is 1.56 bits per heavy atom. The Morgan fingerprint density at radius 3 is 2.25 bits per heavy atom. The first-order valence-electron chi connectivity index (χ1n) is 5.27. The Labute approximate surface area is 104 Å². The van der Waals surface area contributed by atoms with Crippen molar-refractivity contribution in [3.63, 3.8) is 0 Å². The highest BCUT2D eigenvalue weighted by molar-refractivity contribution is 9.10. The van der Waals surface area contributed by atoms with Gasteiger partial charge in [-0.2, -0.15) is 0 Å². The fraction of sp³-hybridized carbons (Fsp3) is 0.143. The second-order valence-corrected chi connectivity index (χ2v) is 4.45. The normalized spacial score (nSPS) is 10.1. The molecule has 2 aromatic rings. The Balaban J connectivity index is 1.82. The molecule has 0 fully saturated rings. The average molecular weight is 277 g/mol. The molecule has 2 heteroatoms. The van der Waals surface area contributed by atoms with Crippen molar-refractivity contribution in [1.29, 1.82) is 0 Å². The predicted molar refractivity (Wildman–Crippen MR) is 69.8 cm³/mol. The van der Waals surface area contributed by atoms with E-state index in [9.17, 15) is 0 Å². The molecule has 0 atom stereocenters. The van der Waals surface area contributed by atoms with E-state index in [1.165, 1.54) is 5.56 Å². The Hall–Kier alpha value is -1.28. The van der Waals surface area contributed by atoms with Crippen LogP contribution in [0.4, 0.5) is 0 Å². The van der Waals surface area contributed by atoms with Gasteiger partial charge in [0.15, 0.2) is 0 Å². The van der Waals surface area contributed by atoms with Crippen molar-refractivity contribution in [1.82, 2.24) is 0 Å². The van der Waals surface area contributed by atoms with E-state index >= 15 is 0 Å². The summed E-state index contributed by atoms with van der Waals surface area (Å²) in [5.41, 5.74) is 1.31. The summed E-state index contributed by atoms with van der Waals surface area (Å²) in [6, 6.07) is 18.3. The summed E-state index contributed by atoms with van der Waals surface area (Å²) >= 11 is 3.39. The molecule has 0 saturated heterocycles. The van der Waals surface area contributed by atoms with Crippen LogP contribution in [0.25, 0.3) is 0 Å². The number of hydrogen-bond donors (Lipinski definition) is 0. The smallest absolute Gasteiger partial charge is 0.119 e. The van der Waals surface area contributed by atoms with E-state index < -0.39 is 0 Å². The summed E-state index contributed by atoms with van der Waals surface area (Å²) in [6.07, 6.45) is 0.941. The van der Waals surface area contributed by atoms with Crippen LogP contribution in [0.1, 0.15) is 5.56 Å². The van der Waals surface area contributed by atoms with Gasteiger partial charge in [-0.25, -0.2) is 0 Å². The van der Waals surface area contributed by atoms with Crippen LogP contribution in [0, 0.1) is 0 Å². The van der Waals surface area contributed by atoms with Crippen LogP contribution < -0.4 is 4.74 Å². The van der Waals surface area contributed by atoms with E-state index in [4.69, 9.17) is 4.74 Å². The molecule has 0 saturated carbocycles. The van der Waals surface area contributed by atoms with Crippen LogP contribution in [0.2, 0.25) is 0 Å².